The Morgan fingerprint density at radius 1 is 1.32 bits per heavy atom. The average molecular weight is 321 g/mol. The Hall–Kier alpha value is -2.39. The Morgan fingerprint density at radius 2 is 2.09 bits per heavy atom. The lowest BCUT2D eigenvalue weighted by atomic mass is 10.3. The number of ether oxygens (including phenoxy) is 1. The molecule has 0 aromatic carbocycles. The van der Waals surface area contributed by atoms with Gasteiger partial charge in [-0.2, -0.15) is 0 Å². The van der Waals surface area contributed by atoms with Gasteiger partial charge in [0.2, 0.25) is 11.7 Å². The molecule has 0 aliphatic carbocycles. The molecule has 22 heavy (non-hydrogen) atoms. The van der Waals surface area contributed by atoms with Gasteiger partial charge in [-0.1, -0.05) is 0 Å². The van der Waals surface area contributed by atoms with Gasteiger partial charge in [0.15, 0.2) is 5.13 Å². The molecule has 8 nitrogen and oxygen atoms in total. The minimum atomic E-state index is -0.439. The van der Waals surface area contributed by atoms with Gasteiger partial charge in [-0.25, -0.2) is 15.0 Å². The highest BCUT2D eigenvalue weighted by Gasteiger charge is 2.12. The van der Waals surface area contributed by atoms with E-state index in [-0.39, 0.29) is 18.2 Å². The highest BCUT2D eigenvalue weighted by molar-refractivity contribution is 7.14. The monoisotopic (exact) mass is 321 g/mol. The fourth-order valence-electron chi connectivity index (χ4n) is 1.53. The first kappa shape index (κ1) is 16.0. The van der Waals surface area contributed by atoms with Gasteiger partial charge < -0.3 is 10.1 Å². The smallest absolute Gasteiger partial charge is 0.295 e. The summed E-state index contributed by atoms with van der Waals surface area (Å²) >= 11 is 1.24. The van der Waals surface area contributed by atoms with E-state index in [2.05, 4.69) is 25.6 Å². The second-order valence-corrected chi connectivity index (χ2v) is 5.05. The van der Waals surface area contributed by atoms with E-state index in [0.717, 1.165) is 0 Å². The molecule has 0 aliphatic rings. The van der Waals surface area contributed by atoms with Crippen LogP contribution in [-0.2, 0) is 16.0 Å². The zero-order valence-electron chi connectivity index (χ0n) is 11.9. The fraction of sp³-hybridized carbons (Fsp3) is 0.308. The van der Waals surface area contributed by atoms with Gasteiger partial charge in [0.25, 0.3) is 5.91 Å². The van der Waals surface area contributed by atoms with Crippen LogP contribution in [0.15, 0.2) is 23.8 Å². The number of carbonyl (C=O) groups is 2. The summed E-state index contributed by atoms with van der Waals surface area (Å²) in [6, 6.07) is 1.63. The van der Waals surface area contributed by atoms with Crippen LogP contribution in [0.2, 0.25) is 0 Å². The molecular weight excluding hydrogens is 306 g/mol. The summed E-state index contributed by atoms with van der Waals surface area (Å²) in [4.78, 5) is 35.4. The van der Waals surface area contributed by atoms with Gasteiger partial charge >= 0.3 is 0 Å². The highest BCUT2D eigenvalue weighted by atomic mass is 32.1. The van der Waals surface area contributed by atoms with Crippen LogP contribution in [0.4, 0.5) is 5.13 Å². The lowest BCUT2D eigenvalue weighted by molar-refractivity contribution is -0.120. The van der Waals surface area contributed by atoms with Crippen LogP contribution in [0.1, 0.15) is 16.3 Å². The number of nitrogens with one attached hydrogen (secondary N) is 2. The summed E-state index contributed by atoms with van der Waals surface area (Å²) in [5, 5.41) is 7.42. The summed E-state index contributed by atoms with van der Waals surface area (Å²) in [7, 11) is 1.57. The summed E-state index contributed by atoms with van der Waals surface area (Å²) in [6.45, 7) is 0.912. The van der Waals surface area contributed by atoms with Crippen molar-refractivity contribution in [1.29, 1.82) is 0 Å². The molecule has 2 rings (SSSR count). The van der Waals surface area contributed by atoms with E-state index < -0.39 is 5.91 Å². The minimum absolute atomic E-state index is 0.0663. The first-order valence-electron chi connectivity index (χ1n) is 6.47. The van der Waals surface area contributed by atoms with Crippen molar-refractivity contribution in [1.82, 2.24) is 20.3 Å². The summed E-state index contributed by atoms with van der Waals surface area (Å²) in [5.41, 5.74) is 0.587. The van der Waals surface area contributed by atoms with E-state index in [1.54, 1.807) is 18.6 Å². The standard InChI is InChI=1S/C13H15N5O3S/c1-21-6-5-14-10(19)7-9-8-22-13(17-9)18-12(20)11-15-3-2-4-16-11/h2-4,8H,5-7H2,1H3,(H,14,19)(H,17,18,20). The maximum Gasteiger partial charge on any atom is 0.295 e. The van der Waals surface area contributed by atoms with Crippen LogP contribution >= 0.6 is 11.3 Å². The zero-order chi connectivity index (χ0) is 15.8. The molecule has 0 bridgehead atoms. The molecule has 0 radical (unpaired) electrons. The lowest BCUT2D eigenvalue weighted by Crippen LogP contribution is -2.28. The third-order valence-corrected chi connectivity index (χ3v) is 3.32. The number of hydrogen-bond acceptors (Lipinski definition) is 7. The number of hydrogen-bond donors (Lipinski definition) is 2. The number of methoxy groups -OCH3 is 1. The molecule has 2 N–H and O–H groups in total. The van der Waals surface area contributed by atoms with Crippen LogP contribution in [-0.4, -0.2) is 47.0 Å². The number of anilines is 1. The first-order chi connectivity index (χ1) is 10.7. The molecule has 0 aliphatic heterocycles. The fourth-order valence-corrected chi connectivity index (χ4v) is 2.24. The number of nitrogens with zero attached hydrogens (tertiary/aromatic N) is 3. The van der Waals surface area contributed by atoms with Crippen molar-refractivity contribution < 1.29 is 14.3 Å². The van der Waals surface area contributed by atoms with E-state index in [1.165, 1.54) is 23.7 Å². The van der Waals surface area contributed by atoms with Gasteiger partial charge in [0, 0.05) is 31.4 Å². The quantitative estimate of drug-likeness (QED) is 0.719. The summed E-state index contributed by atoms with van der Waals surface area (Å²) in [6.07, 6.45) is 3.12. The Labute approximate surface area is 131 Å². The molecule has 116 valence electrons. The Bertz CT molecular complexity index is 632. The van der Waals surface area contributed by atoms with Crippen molar-refractivity contribution >= 4 is 28.3 Å². The van der Waals surface area contributed by atoms with E-state index >= 15 is 0 Å². The third-order valence-electron chi connectivity index (χ3n) is 2.51. The van der Waals surface area contributed by atoms with Crippen molar-refractivity contribution in [3.63, 3.8) is 0 Å². The van der Waals surface area contributed by atoms with Crippen molar-refractivity contribution in [2.24, 2.45) is 0 Å². The van der Waals surface area contributed by atoms with Gasteiger partial charge in [-0.05, 0) is 6.07 Å². The molecule has 2 aromatic heterocycles. The van der Waals surface area contributed by atoms with Crippen LogP contribution in [0.5, 0.6) is 0 Å². The predicted octanol–water partition coefficient (Wildman–Crippen LogP) is 0.490. The molecule has 0 fully saturated rings. The third kappa shape index (κ3) is 4.86. The molecule has 2 aromatic rings. The highest BCUT2D eigenvalue weighted by Crippen LogP contribution is 2.16. The molecule has 0 saturated carbocycles. The number of amides is 2. The second kappa shape index (κ2) is 8.15. The largest absolute Gasteiger partial charge is 0.383 e. The minimum Gasteiger partial charge on any atom is -0.383 e. The second-order valence-electron chi connectivity index (χ2n) is 4.19. The first-order valence-corrected chi connectivity index (χ1v) is 7.35. The number of aromatic nitrogens is 3. The van der Waals surface area contributed by atoms with Crippen molar-refractivity contribution in [3.8, 4) is 0 Å². The van der Waals surface area contributed by atoms with Gasteiger partial charge in [-0.15, -0.1) is 11.3 Å². The lowest BCUT2D eigenvalue weighted by Gasteiger charge is -2.02. The Balaban J connectivity index is 1.86. The summed E-state index contributed by atoms with van der Waals surface area (Å²) < 4.78 is 4.84. The maximum absolute atomic E-state index is 11.9. The molecule has 0 atom stereocenters. The average Bonchev–Trinajstić information content (AvgIpc) is 2.95. The van der Waals surface area contributed by atoms with Crippen LogP contribution < -0.4 is 10.6 Å². The van der Waals surface area contributed by atoms with Crippen LogP contribution in [0, 0.1) is 0 Å². The maximum atomic E-state index is 11.9. The normalized spacial score (nSPS) is 10.2. The Morgan fingerprint density at radius 3 is 2.82 bits per heavy atom. The van der Waals surface area contributed by atoms with E-state index in [4.69, 9.17) is 4.74 Å². The zero-order valence-corrected chi connectivity index (χ0v) is 12.7. The van der Waals surface area contributed by atoms with E-state index in [9.17, 15) is 9.59 Å². The molecule has 0 saturated heterocycles. The van der Waals surface area contributed by atoms with Crippen molar-refractivity contribution in [2.45, 2.75) is 6.42 Å². The number of rotatable bonds is 7. The number of carbonyl (C=O) groups excluding carboxylic acids is 2. The molecule has 0 unspecified atom stereocenters. The van der Waals surface area contributed by atoms with Gasteiger partial charge in [0.05, 0.1) is 18.7 Å². The Kier molecular flexibility index (Phi) is 5.92. The number of thiazole rings is 1. The van der Waals surface area contributed by atoms with Crippen LogP contribution in [0.3, 0.4) is 0 Å². The van der Waals surface area contributed by atoms with E-state index in [1.807, 2.05) is 0 Å². The van der Waals surface area contributed by atoms with E-state index in [0.29, 0.717) is 24.0 Å². The van der Waals surface area contributed by atoms with Crippen molar-refractivity contribution in [2.75, 3.05) is 25.6 Å². The molecule has 2 amide bonds. The topological polar surface area (TPSA) is 106 Å². The van der Waals surface area contributed by atoms with Gasteiger partial charge in [0.1, 0.15) is 0 Å². The summed E-state index contributed by atoms with van der Waals surface area (Å²) in [5.74, 6) is -0.519. The SMILES string of the molecule is COCCNC(=O)Cc1csc(NC(=O)c2ncccn2)n1. The molecule has 9 heteroatoms. The van der Waals surface area contributed by atoms with Crippen molar-refractivity contribution in [3.05, 3.63) is 35.4 Å². The molecule has 2 heterocycles. The predicted molar refractivity (Wildman–Crippen MR) is 80.7 cm³/mol. The molecule has 0 spiro atoms. The van der Waals surface area contributed by atoms with Crippen LogP contribution in [0.25, 0.3) is 0 Å². The van der Waals surface area contributed by atoms with Gasteiger partial charge in [-0.3, -0.25) is 14.9 Å². The molecular formula is C13H15N5O3S.